The molecule has 0 heterocycles. The van der Waals surface area contributed by atoms with Crippen molar-refractivity contribution >= 4 is 33.4 Å². The van der Waals surface area contributed by atoms with Crippen molar-refractivity contribution in [2.45, 2.75) is 69.5 Å². The Labute approximate surface area is 243 Å². The third-order valence-corrected chi connectivity index (χ3v) is 8.60. The van der Waals surface area contributed by atoms with Gasteiger partial charge >= 0.3 is 0 Å². The number of carbonyl (C=O) groups is 2. The molecule has 0 aliphatic rings. The molecule has 2 rings (SSSR count). The van der Waals surface area contributed by atoms with Crippen molar-refractivity contribution in [1.82, 2.24) is 14.9 Å². The Balaban J connectivity index is 2.39. The van der Waals surface area contributed by atoms with Crippen molar-refractivity contribution in [1.29, 1.82) is 0 Å². The van der Waals surface area contributed by atoms with Crippen molar-refractivity contribution in [2.75, 3.05) is 26.1 Å². The SMILES string of the molecule is CCCCC(NC(=O)CCl)C(=O)NCCC(O)(Cc1ccccc1)N(CC(C)C)S(=O)(=O)c1ccc(OC)cc1. The van der Waals surface area contributed by atoms with Crippen LogP contribution >= 0.6 is 11.6 Å². The third kappa shape index (κ3) is 9.76. The molecule has 2 amide bonds. The van der Waals surface area contributed by atoms with Crippen LogP contribution in [0, 0.1) is 5.92 Å². The number of nitrogens with zero attached hydrogens (tertiary/aromatic N) is 1. The molecule has 0 saturated carbocycles. The van der Waals surface area contributed by atoms with E-state index in [-0.39, 0.29) is 42.6 Å². The largest absolute Gasteiger partial charge is 0.497 e. The predicted molar refractivity (Wildman–Crippen MR) is 157 cm³/mol. The maximum atomic E-state index is 14.0. The van der Waals surface area contributed by atoms with Crippen LogP contribution in [0.2, 0.25) is 0 Å². The molecule has 11 heteroatoms. The van der Waals surface area contributed by atoms with Gasteiger partial charge in [-0.05, 0) is 42.2 Å². The number of hydrogen-bond acceptors (Lipinski definition) is 6. The molecule has 0 aliphatic carbocycles. The fourth-order valence-electron chi connectivity index (χ4n) is 4.34. The number of halogens is 1. The molecule has 2 aromatic carbocycles. The fraction of sp³-hybridized carbons (Fsp3) is 0.517. The van der Waals surface area contributed by atoms with E-state index in [1.165, 1.54) is 19.2 Å². The summed E-state index contributed by atoms with van der Waals surface area (Å²) < 4.78 is 34.2. The van der Waals surface area contributed by atoms with Crippen LogP contribution in [0.15, 0.2) is 59.5 Å². The summed E-state index contributed by atoms with van der Waals surface area (Å²) in [6.07, 6.45) is 1.92. The minimum atomic E-state index is -4.15. The highest BCUT2D eigenvalue weighted by Crippen LogP contribution is 2.31. The number of amides is 2. The second kappa shape index (κ2) is 16.0. The zero-order valence-corrected chi connectivity index (χ0v) is 25.3. The van der Waals surface area contributed by atoms with Gasteiger partial charge in [-0.3, -0.25) is 9.59 Å². The van der Waals surface area contributed by atoms with Gasteiger partial charge in [-0.25, -0.2) is 8.42 Å². The summed E-state index contributed by atoms with van der Waals surface area (Å²) in [6.45, 7) is 5.76. The molecule has 222 valence electrons. The van der Waals surface area contributed by atoms with E-state index in [1.807, 2.05) is 51.1 Å². The summed E-state index contributed by atoms with van der Waals surface area (Å²) in [5, 5.41) is 17.5. The Morgan fingerprint density at radius 1 is 1.10 bits per heavy atom. The normalized spacial score (nSPS) is 14.0. The first kappa shape index (κ1) is 33.5. The quantitative estimate of drug-likeness (QED) is 0.189. The Morgan fingerprint density at radius 2 is 1.75 bits per heavy atom. The average Bonchev–Trinajstić information content (AvgIpc) is 2.94. The van der Waals surface area contributed by atoms with E-state index in [1.54, 1.807) is 12.1 Å². The lowest BCUT2D eigenvalue weighted by Gasteiger charge is -2.40. The summed E-state index contributed by atoms with van der Waals surface area (Å²) in [5.41, 5.74) is -1.12. The Morgan fingerprint density at radius 3 is 2.30 bits per heavy atom. The summed E-state index contributed by atoms with van der Waals surface area (Å²) in [4.78, 5) is 24.9. The number of ether oxygens (including phenoxy) is 1. The van der Waals surface area contributed by atoms with Crippen molar-refractivity contribution < 1.29 is 27.9 Å². The van der Waals surface area contributed by atoms with Crippen molar-refractivity contribution in [2.24, 2.45) is 5.92 Å². The highest BCUT2D eigenvalue weighted by molar-refractivity contribution is 7.89. The van der Waals surface area contributed by atoms with E-state index in [4.69, 9.17) is 16.3 Å². The molecule has 0 spiro atoms. The van der Waals surface area contributed by atoms with Gasteiger partial charge in [0, 0.05) is 25.9 Å². The molecule has 0 aliphatic heterocycles. The minimum Gasteiger partial charge on any atom is -0.497 e. The monoisotopic (exact) mass is 595 g/mol. The zero-order valence-electron chi connectivity index (χ0n) is 23.7. The lowest BCUT2D eigenvalue weighted by atomic mass is 9.98. The van der Waals surface area contributed by atoms with Gasteiger partial charge in [-0.15, -0.1) is 11.6 Å². The lowest BCUT2D eigenvalue weighted by molar-refractivity contribution is -0.128. The van der Waals surface area contributed by atoms with Crippen LogP contribution in [0.25, 0.3) is 0 Å². The first-order chi connectivity index (χ1) is 19.0. The molecule has 0 aromatic heterocycles. The van der Waals surface area contributed by atoms with Gasteiger partial charge in [0.1, 0.15) is 23.4 Å². The van der Waals surface area contributed by atoms with E-state index in [0.29, 0.717) is 12.2 Å². The van der Waals surface area contributed by atoms with Gasteiger partial charge in [-0.1, -0.05) is 63.9 Å². The van der Waals surface area contributed by atoms with E-state index in [2.05, 4.69) is 10.6 Å². The van der Waals surface area contributed by atoms with E-state index < -0.39 is 33.6 Å². The van der Waals surface area contributed by atoms with Gasteiger partial charge < -0.3 is 20.5 Å². The molecule has 2 aromatic rings. The molecule has 0 saturated heterocycles. The van der Waals surface area contributed by atoms with Gasteiger partial charge in [0.25, 0.3) is 0 Å². The number of unbranched alkanes of at least 4 members (excludes halogenated alkanes) is 1. The number of carbonyl (C=O) groups excluding carboxylic acids is 2. The molecule has 0 fully saturated rings. The second-order valence-corrected chi connectivity index (χ2v) is 12.3. The molecule has 9 nitrogen and oxygen atoms in total. The number of nitrogens with one attached hydrogen (secondary N) is 2. The van der Waals surface area contributed by atoms with Crippen molar-refractivity contribution in [3.05, 3.63) is 60.2 Å². The zero-order chi connectivity index (χ0) is 29.8. The standard InChI is InChI=1S/C29H42ClN3O6S/c1-5-6-12-26(32-27(34)20-30)28(35)31-18-17-29(36,19-23-10-8-7-9-11-23)33(21-22(2)3)40(37,38)25-15-13-24(39-4)14-16-25/h7-11,13-16,22,26,36H,5-6,12,17-21H2,1-4H3,(H,31,35)(H,32,34). The van der Waals surface area contributed by atoms with Gasteiger partial charge in [0.2, 0.25) is 21.8 Å². The highest BCUT2D eigenvalue weighted by Gasteiger charge is 2.43. The number of benzene rings is 2. The molecule has 0 bridgehead atoms. The Bertz CT molecular complexity index is 1180. The predicted octanol–water partition coefficient (Wildman–Crippen LogP) is 3.69. The Kier molecular flexibility index (Phi) is 13.4. The summed E-state index contributed by atoms with van der Waals surface area (Å²) in [5.74, 6) is -0.723. The number of sulfonamides is 1. The van der Waals surface area contributed by atoms with Crippen LogP contribution in [0.3, 0.4) is 0 Å². The van der Waals surface area contributed by atoms with Crippen LogP contribution in [-0.2, 0) is 26.0 Å². The van der Waals surface area contributed by atoms with Crippen LogP contribution in [0.4, 0.5) is 0 Å². The smallest absolute Gasteiger partial charge is 0.245 e. The molecule has 40 heavy (non-hydrogen) atoms. The number of aliphatic hydroxyl groups is 1. The maximum Gasteiger partial charge on any atom is 0.245 e. The van der Waals surface area contributed by atoms with Crippen LogP contribution in [0.5, 0.6) is 5.75 Å². The topological polar surface area (TPSA) is 125 Å². The summed E-state index contributed by atoms with van der Waals surface area (Å²) in [7, 11) is -2.66. The molecule has 2 atom stereocenters. The number of hydrogen-bond donors (Lipinski definition) is 3. The summed E-state index contributed by atoms with van der Waals surface area (Å²) >= 11 is 5.62. The number of methoxy groups -OCH3 is 1. The molecule has 2 unspecified atom stereocenters. The first-order valence-corrected chi connectivity index (χ1v) is 15.5. The molecular weight excluding hydrogens is 554 g/mol. The fourth-order valence-corrected chi connectivity index (χ4v) is 6.25. The van der Waals surface area contributed by atoms with E-state index in [9.17, 15) is 23.1 Å². The third-order valence-electron chi connectivity index (χ3n) is 6.42. The second-order valence-electron chi connectivity index (χ2n) is 10.2. The minimum absolute atomic E-state index is 0.00800. The lowest BCUT2D eigenvalue weighted by Crippen LogP contribution is -2.56. The molecule has 3 N–H and O–H groups in total. The van der Waals surface area contributed by atoms with Gasteiger partial charge in [-0.2, -0.15) is 4.31 Å². The van der Waals surface area contributed by atoms with E-state index in [0.717, 1.165) is 22.7 Å². The maximum absolute atomic E-state index is 14.0. The van der Waals surface area contributed by atoms with Crippen molar-refractivity contribution in [3.8, 4) is 5.75 Å². The molecular formula is C29H42ClN3O6S. The van der Waals surface area contributed by atoms with Gasteiger partial charge in [0.05, 0.1) is 12.0 Å². The average molecular weight is 596 g/mol. The number of alkyl halides is 1. The van der Waals surface area contributed by atoms with E-state index >= 15 is 0 Å². The number of rotatable bonds is 17. The van der Waals surface area contributed by atoms with Crippen LogP contribution < -0.4 is 15.4 Å². The van der Waals surface area contributed by atoms with Gasteiger partial charge in [0.15, 0.2) is 0 Å². The Hall–Kier alpha value is -2.66. The highest BCUT2D eigenvalue weighted by atomic mass is 35.5. The van der Waals surface area contributed by atoms with Crippen molar-refractivity contribution in [3.63, 3.8) is 0 Å². The summed E-state index contributed by atoms with van der Waals surface area (Å²) in [6, 6.07) is 14.4. The van der Waals surface area contributed by atoms with Crippen LogP contribution in [0.1, 0.15) is 52.0 Å². The van der Waals surface area contributed by atoms with Crippen LogP contribution in [-0.4, -0.2) is 67.5 Å². The first-order valence-electron chi connectivity index (χ1n) is 13.5. The molecule has 0 radical (unpaired) electrons.